The number of nitrogens with one attached hydrogen (secondary N) is 1. The van der Waals surface area contributed by atoms with Crippen molar-refractivity contribution >= 4 is 5.91 Å². The molecule has 2 aliphatic rings. The summed E-state index contributed by atoms with van der Waals surface area (Å²) in [5.74, 6) is 0.212. The van der Waals surface area contributed by atoms with Crippen LogP contribution in [0.4, 0.5) is 4.39 Å². The number of amides is 1. The van der Waals surface area contributed by atoms with Gasteiger partial charge >= 0.3 is 0 Å². The third-order valence-electron chi connectivity index (χ3n) is 4.46. The molecule has 0 spiro atoms. The fourth-order valence-corrected chi connectivity index (χ4v) is 3.34. The van der Waals surface area contributed by atoms with Crippen LogP contribution in [0.25, 0.3) is 0 Å². The highest BCUT2D eigenvalue weighted by Crippen LogP contribution is 2.26. The van der Waals surface area contributed by atoms with Crippen LogP contribution in [-0.2, 0) is 11.3 Å². The van der Waals surface area contributed by atoms with Gasteiger partial charge in [0.2, 0.25) is 5.91 Å². The molecule has 2 unspecified atom stereocenters. The number of likely N-dealkylation sites (tertiary alicyclic amines) is 1. The summed E-state index contributed by atoms with van der Waals surface area (Å²) in [4.78, 5) is 13.7. The van der Waals surface area contributed by atoms with Gasteiger partial charge in [-0.1, -0.05) is 6.07 Å². The molecule has 2 saturated heterocycles. The number of fused-ring (bicyclic) bond motifs is 1. The lowest BCUT2D eigenvalue weighted by Crippen LogP contribution is -2.53. The second-order valence-electron chi connectivity index (χ2n) is 5.92. The van der Waals surface area contributed by atoms with E-state index in [2.05, 4.69) is 10.2 Å². The van der Waals surface area contributed by atoms with Crippen molar-refractivity contribution in [1.82, 2.24) is 10.2 Å². The first-order valence-corrected chi connectivity index (χ1v) is 7.36. The number of hydrogen-bond donors (Lipinski definition) is 1. The normalized spacial score (nSPS) is 25.8. The van der Waals surface area contributed by atoms with Crippen molar-refractivity contribution in [3.05, 3.63) is 35.1 Å². The number of nitrogens with zero attached hydrogens (tertiary/aromatic N) is 2. The summed E-state index contributed by atoms with van der Waals surface area (Å²) in [7, 11) is 0. The maximum absolute atomic E-state index is 13.3. The van der Waals surface area contributed by atoms with Gasteiger partial charge < -0.3 is 5.32 Å². The molecule has 0 radical (unpaired) electrons. The molecule has 0 bridgehead atoms. The zero-order chi connectivity index (χ0) is 14.8. The van der Waals surface area contributed by atoms with Gasteiger partial charge in [-0.3, -0.25) is 9.69 Å². The molecule has 2 fully saturated rings. The average molecular weight is 287 g/mol. The van der Waals surface area contributed by atoms with E-state index in [1.165, 1.54) is 6.07 Å². The quantitative estimate of drug-likeness (QED) is 0.902. The van der Waals surface area contributed by atoms with Gasteiger partial charge in [0, 0.05) is 32.1 Å². The van der Waals surface area contributed by atoms with E-state index in [-0.39, 0.29) is 11.5 Å². The van der Waals surface area contributed by atoms with Crippen LogP contribution < -0.4 is 5.32 Å². The van der Waals surface area contributed by atoms with Crippen molar-refractivity contribution in [1.29, 1.82) is 5.26 Å². The van der Waals surface area contributed by atoms with Crippen molar-refractivity contribution in [2.75, 3.05) is 13.1 Å². The molecule has 0 aliphatic carbocycles. The zero-order valence-corrected chi connectivity index (χ0v) is 11.8. The van der Waals surface area contributed by atoms with Crippen LogP contribution in [-0.4, -0.2) is 29.9 Å². The minimum Gasteiger partial charge on any atom is -0.353 e. The Kier molecular flexibility index (Phi) is 3.89. The highest BCUT2D eigenvalue weighted by molar-refractivity contribution is 5.77. The van der Waals surface area contributed by atoms with Crippen molar-refractivity contribution in [2.45, 2.75) is 31.8 Å². The van der Waals surface area contributed by atoms with Gasteiger partial charge in [0.1, 0.15) is 11.9 Å². The van der Waals surface area contributed by atoms with Crippen LogP contribution in [0.3, 0.4) is 0 Å². The topological polar surface area (TPSA) is 56.1 Å². The van der Waals surface area contributed by atoms with Gasteiger partial charge in [0.05, 0.1) is 5.56 Å². The Morgan fingerprint density at radius 3 is 3.10 bits per heavy atom. The maximum Gasteiger partial charge on any atom is 0.220 e. The highest BCUT2D eigenvalue weighted by atomic mass is 19.1. The van der Waals surface area contributed by atoms with Gasteiger partial charge in [-0.2, -0.15) is 5.26 Å². The summed E-state index contributed by atoms with van der Waals surface area (Å²) in [5.41, 5.74) is 1.07. The van der Waals surface area contributed by atoms with Gasteiger partial charge in [-0.15, -0.1) is 0 Å². The molecule has 2 aliphatic heterocycles. The Morgan fingerprint density at radius 1 is 1.43 bits per heavy atom. The van der Waals surface area contributed by atoms with Crippen molar-refractivity contribution < 1.29 is 9.18 Å². The van der Waals surface area contributed by atoms with E-state index in [9.17, 15) is 9.18 Å². The first kappa shape index (κ1) is 14.0. The molecule has 2 atom stereocenters. The Labute approximate surface area is 123 Å². The summed E-state index contributed by atoms with van der Waals surface area (Å²) >= 11 is 0. The minimum absolute atomic E-state index is 0.104. The number of nitriles is 1. The number of piperidine rings is 2. The SMILES string of the molecule is N#Cc1cc(CN2CCC3NC(=O)CCC3C2)ccc1F. The fraction of sp³-hybridized carbons (Fsp3) is 0.500. The van der Waals surface area contributed by atoms with Crippen LogP contribution >= 0.6 is 0 Å². The van der Waals surface area contributed by atoms with E-state index in [0.29, 0.717) is 18.4 Å². The lowest BCUT2D eigenvalue weighted by molar-refractivity contribution is -0.125. The van der Waals surface area contributed by atoms with Crippen molar-refractivity contribution in [2.24, 2.45) is 5.92 Å². The average Bonchev–Trinajstić information content (AvgIpc) is 2.49. The molecule has 1 amide bonds. The molecular formula is C16H18FN3O. The summed E-state index contributed by atoms with van der Waals surface area (Å²) in [5, 5.41) is 12.0. The van der Waals surface area contributed by atoms with Gasteiger partial charge in [0.25, 0.3) is 0 Å². The molecule has 2 heterocycles. The van der Waals surface area contributed by atoms with Crippen molar-refractivity contribution in [3.8, 4) is 6.07 Å². The van der Waals surface area contributed by atoms with E-state index in [1.54, 1.807) is 12.1 Å². The molecule has 1 N–H and O–H groups in total. The van der Waals surface area contributed by atoms with Gasteiger partial charge in [0.15, 0.2) is 0 Å². The summed E-state index contributed by atoms with van der Waals surface area (Å²) in [6, 6.07) is 6.93. The number of benzene rings is 1. The Balaban J connectivity index is 1.64. The van der Waals surface area contributed by atoms with Crippen LogP contribution in [0.15, 0.2) is 18.2 Å². The van der Waals surface area contributed by atoms with Gasteiger partial charge in [-0.05, 0) is 36.5 Å². The monoisotopic (exact) mass is 287 g/mol. The lowest BCUT2D eigenvalue weighted by atomic mass is 9.85. The van der Waals surface area contributed by atoms with Crippen LogP contribution in [0.5, 0.6) is 0 Å². The predicted octanol–water partition coefficient (Wildman–Crippen LogP) is 1.80. The second-order valence-corrected chi connectivity index (χ2v) is 5.92. The molecule has 110 valence electrons. The molecule has 4 nitrogen and oxygen atoms in total. The number of halogens is 1. The molecule has 5 heteroatoms. The summed E-state index contributed by atoms with van der Waals surface area (Å²) < 4.78 is 13.3. The Morgan fingerprint density at radius 2 is 2.29 bits per heavy atom. The number of rotatable bonds is 2. The Bertz CT molecular complexity index is 596. The second kappa shape index (κ2) is 5.82. The molecule has 0 saturated carbocycles. The Hall–Kier alpha value is -1.93. The van der Waals surface area contributed by atoms with Crippen LogP contribution in [0.2, 0.25) is 0 Å². The van der Waals surface area contributed by atoms with E-state index in [1.807, 2.05) is 6.07 Å². The molecule has 1 aromatic carbocycles. The van der Waals surface area contributed by atoms with E-state index < -0.39 is 5.82 Å². The molecule has 3 rings (SSSR count). The summed E-state index contributed by atoms with van der Waals surface area (Å²) in [6.07, 6.45) is 2.52. The predicted molar refractivity (Wildman–Crippen MR) is 75.7 cm³/mol. The molecule has 21 heavy (non-hydrogen) atoms. The number of carbonyl (C=O) groups is 1. The molecular weight excluding hydrogens is 269 g/mol. The van der Waals surface area contributed by atoms with E-state index in [0.717, 1.165) is 38.0 Å². The largest absolute Gasteiger partial charge is 0.353 e. The first-order chi connectivity index (χ1) is 10.2. The molecule has 1 aromatic rings. The standard InChI is InChI=1S/C16H18FN3O/c17-14-3-1-11(7-13(14)8-18)9-20-6-5-15-12(10-20)2-4-16(21)19-15/h1,3,7,12,15H,2,4-6,9-10H2,(H,19,21). The molecule has 0 aromatic heterocycles. The van der Waals surface area contributed by atoms with Crippen molar-refractivity contribution in [3.63, 3.8) is 0 Å². The highest BCUT2D eigenvalue weighted by Gasteiger charge is 2.33. The minimum atomic E-state index is -0.463. The number of carbonyl (C=O) groups excluding carboxylic acids is 1. The third-order valence-corrected chi connectivity index (χ3v) is 4.46. The first-order valence-electron chi connectivity index (χ1n) is 7.36. The maximum atomic E-state index is 13.3. The smallest absolute Gasteiger partial charge is 0.220 e. The third kappa shape index (κ3) is 3.06. The lowest BCUT2D eigenvalue weighted by Gasteiger charge is -2.41. The van der Waals surface area contributed by atoms with E-state index >= 15 is 0 Å². The van der Waals surface area contributed by atoms with Crippen LogP contribution in [0, 0.1) is 23.1 Å². The van der Waals surface area contributed by atoms with Gasteiger partial charge in [-0.25, -0.2) is 4.39 Å². The summed E-state index contributed by atoms with van der Waals surface area (Å²) in [6.45, 7) is 2.59. The fourth-order valence-electron chi connectivity index (χ4n) is 3.34. The van der Waals surface area contributed by atoms with E-state index in [4.69, 9.17) is 5.26 Å². The number of hydrogen-bond acceptors (Lipinski definition) is 3. The zero-order valence-electron chi connectivity index (χ0n) is 11.8. The van der Waals surface area contributed by atoms with Crippen LogP contribution in [0.1, 0.15) is 30.4 Å².